The van der Waals surface area contributed by atoms with Crippen molar-refractivity contribution in [1.29, 1.82) is 0 Å². The van der Waals surface area contributed by atoms with Crippen LogP contribution in [0.3, 0.4) is 0 Å². The lowest BCUT2D eigenvalue weighted by atomic mass is 9.93. The summed E-state index contributed by atoms with van der Waals surface area (Å²) in [6.45, 7) is 6.07. The number of amides is 4. The lowest BCUT2D eigenvalue weighted by Gasteiger charge is -2.28. The number of ether oxygens (including phenoxy) is 1. The van der Waals surface area contributed by atoms with E-state index in [1.165, 1.54) is 20.6 Å². The highest BCUT2D eigenvalue weighted by atomic mass is 16.7. The van der Waals surface area contributed by atoms with Gasteiger partial charge in [0, 0.05) is 20.0 Å². The van der Waals surface area contributed by atoms with E-state index in [0.717, 1.165) is 37.2 Å². The molecular formula is C28H50N4O6. The Morgan fingerprint density at radius 1 is 1.16 bits per heavy atom. The first-order valence-corrected chi connectivity index (χ1v) is 14.1. The highest BCUT2D eigenvalue weighted by molar-refractivity contribution is 5.91. The number of likely N-dealkylation sites (N-methyl/N-ethyl adjacent to an activating group) is 1. The van der Waals surface area contributed by atoms with E-state index in [2.05, 4.69) is 22.9 Å². The van der Waals surface area contributed by atoms with Crippen LogP contribution in [0.15, 0.2) is 12.2 Å². The van der Waals surface area contributed by atoms with Gasteiger partial charge in [-0.2, -0.15) is 0 Å². The minimum atomic E-state index is -1.02. The van der Waals surface area contributed by atoms with Crippen LogP contribution in [0.5, 0.6) is 0 Å². The average Bonchev–Trinajstić information content (AvgIpc) is 2.88. The molecule has 0 fully saturated rings. The third kappa shape index (κ3) is 12.8. The summed E-state index contributed by atoms with van der Waals surface area (Å²) in [5.41, 5.74) is 0. The molecule has 4 atom stereocenters. The second kappa shape index (κ2) is 18.6. The van der Waals surface area contributed by atoms with Crippen LogP contribution in [0.4, 0.5) is 4.79 Å². The average molecular weight is 539 g/mol. The molecule has 0 aromatic carbocycles. The lowest BCUT2D eigenvalue weighted by Crippen LogP contribution is -2.55. The van der Waals surface area contributed by atoms with Gasteiger partial charge in [0.25, 0.3) is 5.91 Å². The second-order valence-electron chi connectivity index (χ2n) is 10.5. The van der Waals surface area contributed by atoms with Gasteiger partial charge in [-0.15, -0.1) is 0 Å². The molecule has 0 spiro atoms. The standard InChI is InChI=1S/C28H50N4O6/c1-7-8-9-10-13-16-22-17-14-11-12-15-21(25(33)29-4)19-24(27(35)32(5)37-6)30-26(34)23(18-20(2)3)31-28(36)38-22/h11-12,20-24H,7-10,13-19H2,1-6H3,(H,29,33)(H,30,34)(H,31,36)/b12-11+. The van der Waals surface area contributed by atoms with E-state index in [-0.39, 0.29) is 24.3 Å². The molecular weight excluding hydrogens is 488 g/mol. The monoisotopic (exact) mass is 538 g/mol. The molecule has 1 aliphatic rings. The van der Waals surface area contributed by atoms with Gasteiger partial charge in [-0.25, -0.2) is 9.86 Å². The molecule has 4 amide bonds. The molecule has 4 unspecified atom stereocenters. The highest BCUT2D eigenvalue weighted by Crippen LogP contribution is 2.19. The van der Waals surface area contributed by atoms with Crippen LogP contribution >= 0.6 is 0 Å². The van der Waals surface area contributed by atoms with E-state index >= 15 is 0 Å². The molecule has 3 N–H and O–H groups in total. The Balaban J connectivity index is 3.21. The van der Waals surface area contributed by atoms with Crippen LogP contribution in [0.1, 0.15) is 91.4 Å². The number of nitrogens with one attached hydrogen (secondary N) is 3. The molecule has 1 aliphatic heterocycles. The SMILES string of the molecule is CCCCCCCC1CC/C=C/CC(C(=O)NC)CC(C(=O)N(C)OC)NC(=O)C(CC(C)C)NC(=O)O1. The van der Waals surface area contributed by atoms with Crippen molar-refractivity contribution in [2.75, 3.05) is 21.2 Å². The summed E-state index contributed by atoms with van der Waals surface area (Å²) >= 11 is 0. The van der Waals surface area contributed by atoms with E-state index in [1.54, 1.807) is 7.05 Å². The number of carbonyl (C=O) groups excluding carboxylic acids is 4. The summed E-state index contributed by atoms with van der Waals surface area (Å²) in [6.07, 6.45) is 11.5. The van der Waals surface area contributed by atoms with Crippen molar-refractivity contribution in [3.05, 3.63) is 12.2 Å². The largest absolute Gasteiger partial charge is 0.446 e. The van der Waals surface area contributed by atoms with Gasteiger partial charge in [-0.05, 0) is 50.9 Å². The van der Waals surface area contributed by atoms with Crippen molar-refractivity contribution < 1.29 is 28.8 Å². The maximum Gasteiger partial charge on any atom is 0.408 e. The van der Waals surface area contributed by atoms with E-state index in [0.29, 0.717) is 25.7 Å². The van der Waals surface area contributed by atoms with Crippen LogP contribution in [-0.2, 0) is 24.0 Å². The third-order valence-corrected chi connectivity index (χ3v) is 6.80. The Kier molecular flexibility index (Phi) is 16.4. The normalized spacial score (nSPS) is 24.3. The van der Waals surface area contributed by atoms with Crippen molar-refractivity contribution in [1.82, 2.24) is 21.0 Å². The molecule has 0 bridgehead atoms. The van der Waals surface area contributed by atoms with Crippen LogP contribution in [0, 0.1) is 11.8 Å². The summed E-state index contributed by atoms with van der Waals surface area (Å²) < 4.78 is 5.78. The van der Waals surface area contributed by atoms with Gasteiger partial charge in [-0.1, -0.05) is 58.6 Å². The van der Waals surface area contributed by atoms with E-state index < -0.39 is 35.9 Å². The first kappa shape index (κ1) is 33.4. The van der Waals surface area contributed by atoms with Crippen LogP contribution < -0.4 is 16.0 Å². The molecule has 1 rings (SSSR count). The van der Waals surface area contributed by atoms with Crippen LogP contribution in [-0.4, -0.2) is 68.3 Å². The number of hydrogen-bond acceptors (Lipinski definition) is 6. The number of allylic oxidation sites excluding steroid dienone is 2. The molecule has 0 saturated heterocycles. The third-order valence-electron chi connectivity index (χ3n) is 6.80. The number of alkyl carbamates (subject to hydrolysis) is 1. The van der Waals surface area contributed by atoms with E-state index in [9.17, 15) is 19.2 Å². The Bertz CT molecular complexity index is 772. The fourth-order valence-corrected chi connectivity index (χ4v) is 4.53. The van der Waals surface area contributed by atoms with Crippen LogP contribution in [0.25, 0.3) is 0 Å². The molecule has 1 heterocycles. The number of nitrogens with zero attached hydrogens (tertiary/aromatic N) is 1. The molecule has 0 aromatic heterocycles. The van der Waals surface area contributed by atoms with Crippen molar-refractivity contribution in [3.8, 4) is 0 Å². The molecule has 0 aliphatic carbocycles. The molecule has 10 heteroatoms. The highest BCUT2D eigenvalue weighted by Gasteiger charge is 2.33. The van der Waals surface area contributed by atoms with Gasteiger partial charge in [0.2, 0.25) is 11.8 Å². The number of unbranched alkanes of at least 4 members (excludes halogenated alkanes) is 4. The van der Waals surface area contributed by atoms with Gasteiger partial charge >= 0.3 is 6.09 Å². The topological polar surface area (TPSA) is 126 Å². The van der Waals surface area contributed by atoms with Gasteiger partial charge in [0.05, 0.1) is 7.11 Å². The minimum absolute atomic E-state index is 0.0848. The first-order chi connectivity index (χ1) is 18.1. The van der Waals surface area contributed by atoms with Gasteiger partial charge in [0.1, 0.15) is 18.2 Å². The zero-order valence-corrected chi connectivity index (χ0v) is 24.2. The van der Waals surface area contributed by atoms with Crippen molar-refractivity contribution >= 4 is 23.8 Å². The van der Waals surface area contributed by atoms with Gasteiger partial charge < -0.3 is 20.7 Å². The van der Waals surface area contributed by atoms with Crippen molar-refractivity contribution in [2.45, 2.75) is 110 Å². The molecule has 10 nitrogen and oxygen atoms in total. The zero-order chi connectivity index (χ0) is 28.5. The summed E-state index contributed by atoms with van der Waals surface area (Å²) in [6, 6.07) is -1.91. The fraction of sp³-hybridized carbons (Fsp3) is 0.786. The van der Waals surface area contributed by atoms with E-state index in [4.69, 9.17) is 9.57 Å². The van der Waals surface area contributed by atoms with Gasteiger partial charge in [0.15, 0.2) is 0 Å². The predicted molar refractivity (Wildman–Crippen MR) is 147 cm³/mol. The second-order valence-corrected chi connectivity index (χ2v) is 10.5. The number of rotatable bonds is 11. The maximum atomic E-state index is 13.4. The minimum Gasteiger partial charge on any atom is -0.446 e. The predicted octanol–water partition coefficient (Wildman–Crippen LogP) is 3.85. The molecule has 0 radical (unpaired) electrons. The summed E-state index contributed by atoms with van der Waals surface area (Å²) in [7, 11) is 4.35. The zero-order valence-electron chi connectivity index (χ0n) is 24.2. The van der Waals surface area contributed by atoms with E-state index in [1.807, 2.05) is 26.0 Å². The summed E-state index contributed by atoms with van der Waals surface area (Å²) in [4.78, 5) is 57.0. The number of carbonyl (C=O) groups is 4. The summed E-state index contributed by atoms with van der Waals surface area (Å²) in [5.74, 6) is -1.65. The lowest BCUT2D eigenvalue weighted by molar-refractivity contribution is -0.172. The Morgan fingerprint density at radius 2 is 1.87 bits per heavy atom. The fourth-order valence-electron chi connectivity index (χ4n) is 4.53. The molecule has 38 heavy (non-hydrogen) atoms. The number of hydroxylamine groups is 2. The molecule has 0 saturated carbocycles. The Morgan fingerprint density at radius 3 is 2.50 bits per heavy atom. The number of cyclic esters (lactones) is 1. The summed E-state index contributed by atoms with van der Waals surface area (Å²) in [5, 5.41) is 9.18. The Labute approximate surface area is 228 Å². The smallest absolute Gasteiger partial charge is 0.408 e. The van der Waals surface area contributed by atoms with Crippen molar-refractivity contribution in [3.63, 3.8) is 0 Å². The quantitative estimate of drug-likeness (QED) is 0.208. The first-order valence-electron chi connectivity index (χ1n) is 14.1. The van der Waals surface area contributed by atoms with Gasteiger partial charge in [-0.3, -0.25) is 19.2 Å². The number of hydrogen-bond donors (Lipinski definition) is 3. The molecule has 0 aromatic rings. The van der Waals surface area contributed by atoms with Crippen molar-refractivity contribution in [2.24, 2.45) is 11.8 Å². The maximum absolute atomic E-state index is 13.4. The Hall–Kier alpha value is -2.62. The van der Waals surface area contributed by atoms with Crippen LogP contribution in [0.2, 0.25) is 0 Å². The molecule has 218 valence electrons.